The lowest BCUT2D eigenvalue weighted by molar-refractivity contribution is -0.194. The second-order valence-corrected chi connectivity index (χ2v) is 9.64. The van der Waals surface area contributed by atoms with E-state index in [1.165, 1.54) is 24.3 Å². The number of carbonyl (C=O) groups is 3. The van der Waals surface area contributed by atoms with Crippen molar-refractivity contribution in [3.05, 3.63) is 47.0 Å². The Kier molecular flexibility index (Phi) is 6.41. The summed E-state index contributed by atoms with van der Waals surface area (Å²) in [5.74, 6) is -4.79. The largest absolute Gasteiger partial charge is 0.481 e. The molecule has 6 N–H and O–H groups in total. The van der Waals surface area contributed by atoms with Crippen LogP contribution < -0.4 is 5.73 Å². The van der Waals surface area contributed by atoms with Crippen molar-refractivity contribution < 1.29 is 48.7 Å². The van der Waals surface area contributed by atoms with E-state index in [2.05, 4.69) is 15.0 Å². The van der Waals surface area contributed by atoms with Gasteiger partial charge in [-0.15, -0.1) is 0 Å². The first-order valence-electron chi connectivity index (χ1n) is 11.5. The summed E-state index contributed by atoms with van der Waals surface area (Å²) in [6, 6.07) is 5.96. The smallest absolute Gasteiger partial charge is 0.348 e. The summed E-state index contributed by atoms with van der Waals surface area (Å²) in [7, 11) is 0. The second kappa shape index (κ2) is 9.37. The fourth-order valence-corrected chi connectivity index (χ4v) is 4.87. The molecule has 1 aliphatic heterocycles. The van der Waals surface area contributed by atoms with Crippen LogP contribution in [-0.2, 0) is 36.7 Å². The molecule has 39 heavy (non-hydrogen) atoms. The Morgan fingerprint density at radius 3 is 2.36 bits per heavy atom. The molecule has 1 aromatic carbocycles. The van der Waals surface area contributed by atoms with E-state index in [9.17, 15) is 29.7 Å². The summed E-state index contributed by atoms with van der Waals surface area (Å²) in [5.41, 5.74) is 1.54. The molecular weight excluding hydrogens is 545 g/mol. The number of aliphatic carboxylic acids is 3. The molecular formula is C23H21ClFN5O9. The van der Waals surface area contributed by atoms with Gasteiger partial charge in [0.15, 0.2) is 29.5 Å². The molecule has 3 heterocycles. The number of hydrogen-bond acceptors (Lipinski definition) is 10. The molecule has 0 amide bonds. The number of carboxylic acids is 3. The van der Waals surface area contributed by atoms with Crippen LogP contribution in [0.3, 0.4) is 0 Å². The van der Waals surface area contributed by atoms with E-state index in [0.29, 0.717) is 5.56 Å². The van der Waals surface area contributed by atoms with Gasteiger partial charge >= 0.3 is 17.9 Å². The van der Waals surface area contributed by atoms with Crippen LogP contribution in [0.2, 0.25) is 5.28 Å². The van der Waals surface area contributed by atoms with Crippen molar-refractivity contribution >= 4 is 46.5 Å². The average Bonchev–Trinajstić information content (AvgIpc) is 3.12. The predicted molar refractivity (Wildman–Crippen MR) is 127 cm³/mol. The maximum atomic E-state index is 15.6. The lowest BCUT2D eigenvalue weighted by Gasteiger charge is -2.28. The summed E-state index contributed by atoms with van der Waals surface area (Å²) in [6.07, 6.45) is -6.11. The number of nitrogen functional groups attached to an aromatic ring is 1. The van der Waals surface area contributed by atoms with E-state index >= 15 is 4.39 Å². The van der Waals surface area contributed by atoms with Gasteiger partial charge in [0.2, 0.25) is 5.28 Å². The number of halogens is 2. The Morgan fingerprint density at radius 2 is 1.79 bits per heavy atom. The molecule has 1 unspecified atom stereocenters. The number of fused-ring (bicyclic) bond motifs is 2. The molecule has 0 radical (unpaired) electrons. The van der Waals surface area contributed by atoms with Gasteiger partial charge in [0, 0.05) is 12.8 Å². The van der Waals surface area contributed by atoms with Crippen LogP contribution in [0.15, 0.2) is 30.6 Å². The lowest BCUT2D eigenvalue weighted by Crippen LogP contribution is -2.53. The molecule has 1 aliphatic carbocycles. The second-order valence-electron chi connectivity index (χ2n) is 9.30. The van der Waals surface area contributed by atoms with E-state index in [-0.39, 0.29) is 40.7 Å². The van der Waals surface area contributed by atoms with Crippen molar-refractivity contribution in [3.8, 4) is 0 Å². The maximum Gasteiger partial charge on any atom is 0.348 e. The Balaban J connectivity index is 1.36. The molecule has 1 saturated carbocycles. The minimum absolute atomic E-state index is 0.0275. The predicted octanol–water partition coefficient (Wildman–Crippen LogP) is 0.595. The molecule has 5 atom stereocenters. The number of imidazole rings is 1. The number of carboxylic acid groups (broad SMARTS) is 3. The van der Waals surface area contributed by atoms with E-state index in [1.54, 1.807) is 0 Å². The fourth-order valence-electron chi connectivity index (χ4n) is 4.70. The van der Waals surface area contributed by atoms with Crippen LogP contribution in [0.1, 0.15) is 23.8 Å². The molecule has 2 fully saturated rings. The van der Waals surface area contributed by atoms with E-state index in [4.69, 9.17) is 31.9 Å². The van der Waals surface area contributed by atoms with Crippen LogP contribution >= 0.6 is 11.6 Å². The van der Waals surface area contributed by atoms with Gasteiger partial charge in [-0.05, 0) is 29.1 Å². The first kappa shape index (κ1) is 26.7. The number of aliphatic hydroxyl groups is 1. The van der Waals surface area contributed by atoms with Gasteiger partial charge in [0.05, 0.1) is 6.33 Å². The Labute approximate surface area is 222 Å². The topological polar surface area (TPSA) is 220 Å². The molecule has 1 saturated heterocycles. The van der Waals surface area contributed by atoms with Gasteiger partial charge < -0.3 is 35.6 Å². The maximum absolute atomic E-state index is 15.6. The molecule has 16 heteroatoms. The number of rotatable bonds is 10. The van der Waals surface area contributed by atoms with Crippen LogP contribution in [0, 0.1) is 0 Å². The molecule has 0 bridgehead atoms. The first-order valence-corrected chi connectivity index (χ1v) is 11.9. The summed E-state index contributed by atoms with van der Waals surface area (Å²) in [5, 5.41) is 39.3. The third-order valence-electron chi connectivity index (χ3n) is 6.87. The van der Waals surface area contributed by atoms with Crippen LogP contribution in [0.25, 0.3) is 11.2 Å². The Hall–Kier alpha value is -3.92. The van der Waals surface area contributed by atoms with Crippen LogP contribution in [0.5, 0.6) is 0 Å². The van der Waals surface area contributed by atoms with Crippen molar-refractivity contribution in [1.29, 1.82) is 0 Å². The van der Waals surface area contributed by atoms with Gasteiger partial charge in [-0.3, -0.25) is 9.36 Å². The lowest BCUT2D eigenvalue weighted by atomic mass is 9.93. The number of aromatic nitrogens is 4. The standard InChI is InChI=1S/C23H21ClFN5O9/c24-21-28-16(26)12-17(29-21)30(8-27-12)18-13(25)23(37)14(38-18)15(23)39-22(19(33)34,20(35)36)7-10-3-1-9(2-4-10)5-6-11(31)32/h1-4,8,13-15,18,37H,5-7H2,(H,31,32)(H,33,34)(H,35,36)(H2,26,28,29)/t13-,14-,15?,18-,23+/m1/s1. The highest BCUT2D eigenvalue weighted by atomic mass is 35.5. The third-order valence-corrected chi connectivity index (χ3v) is 7.04. The van der Waals surface area contributed by atoms with Crippen molar-refractivity contribution in [3.63, 3.8) is 0 Å². The van der Waals surface area contributed by atoms with E-state index in [0.717, 1.165) is 10.9 Å². The molecule has 5 rings (SSSR count). The fraction of sp³-hybridized carbons (Fsp3) is 0.391. The quantitative estimate of drug-likeness (QED) is 0.168. The molecule has 14 nitrogen and oxygen atoms in total. The molecule has 3 aromatic rings. The van der Waals surface area contributed by atoms with Crippen LogP contribution in [0.4, 0.5) is 10.2 Å². The number of anilines is 1. The summed E-state index contributed by atoms with van der Waals surface area (Å²) in [6.45, 7) is 0. The van der Waals surface area contributed by atoms with E-state index < -0.39 is 60.1 Å². The number of alkyl halides is 1. The number of aryl methyl sites for hydroxylation is 1. The van der Waals surface area contributed by atoms with Gasteiger partial charge in [-0.2, -0.15) is 9.97 Å². The zero-order chi connectivity index (χ0) is 28.3. The number of hydrogen-bond donors (Lipinski definition) is 5. The van der Waals surface area contributed by atoms with Crippen molar-refractivity contribution in [1.82, 2.24) is 19.5 Å². The molecule has 2 aliphatic rings. The highest BCUT2D eigenvalue weighted by Gasteiger charge is 2.80. The van der Waals surface area contributed by atoms with E-state index in [1.807, 2.05) is 0 Å². The Bertz CT molecular complexity index is 1470. The number of ether oxygens (including phenoxy) is 2. The number of nitrogens with zero attached hydrogens (tertiary/aromatic N) is 4. The summed E-state index contributed by atoms with van der Waals surface area (Å²) >= 11 is 5.84. The molecule has 0 spiro atoms. The molecule has 206 valence electrons. The summed E-state index contributed by atoms with van der Waals surface area (Å²) in [4.78, 5) is 46.9. The normalized spacial score (nSPS) is 25.9. The average molecular weight is 566 g/mol. The summed E-state index contributed by atoms with van der Waals surface area (Å²) < 4.78 is 27.8. The highest BCUT2D eigenvalue weighted by Crippen LogP contribution is 2.58. The minimum atomic E-state index is -2.89. The van der Waals surface area contributed by atoms with Crippen molar-refractivity contribution in [2.75, 3.05) is 5.73 Å². The van der Waals surface area contributed by atoms with Crippen LogP contribution in [-0.4, -0.2) is 87.4 Å². The van der Waals surface area contributed by atoms with Crippen molar-refractivity contribution in [2.45, 2.75) is 55.1 Å². The monoisotopic (exact) mass is 565 g/mol. The minimum Gasteiger partial charge on any atom is -0.481 e. The number of nitrogens with two attached hydrogens (primary N) is 1. The zero-order valence-corrected chi connectivity index (χ0v) is 20.5. The zero-order valence-electron chi connectivity index (χ0n) is 19.8. The van der Waals surface area contributed by atoms with Gasteiger partial charge in [0.25, 0.3) is 5.60 Å². The van der Waals surface area contributed by atoms with Crippen molar-refractivity contribution in [2.24, 2.45) is 0 Å². The highest BCUT2D eigenvalue weighted by molar-refractivity contribution is 6.28. The number of benzene rings is 1. The first-order chi connectivity index (χ1) is 18.4. The Morgan fingerprint density at radius 1 is 1.15 bits per heavy atom. The molecule has 2 aromatic heterocycles. The van der Waals surface area contributed by atoms with Gasteiger partial charge in [0.1, 0.15) is 17.7 Å². The van der Waals surface area contributed by atoms with Gasteiger partial charge in [-0.1, -0.05) is 24.3 Å². The van der Waals surface area contributed by atoms with Gasteiger partial charge in [-0.25, -0.2) is 19.0 Å². The third kappa shape index (κ3) is 4.32. The SMILES string of the molecule is Nc1nc(Cl)nc2c1ncn2[C@@H]1O[C@@H]2C(OC(Cc3ccc(CCC(=O)O)cc3)(C(=O)O)C(=O)O)[C@]2(O)[C@@H]1F.